The maximum absolute atomic E-state index is 8.46. The summed E-state index contributed by atoms with van der Waals surface area (Å²) in [7, 11) is 0. The van der Waals surface area contributed by atoms with Gasteiger partial charge in [0.1, 0.15) is 0 Å². The fourth-order valence-electron chi connectivity index (χ4n) is 0. The van der Waals surface area contributed by atoms with Gasteiger partial charge >= 0.3 is 140 Å². The summed E-state index contributed by atoms with van der Waals surface area (Å²) in [6.07, 6.45) is 0. The molecule has 0 unspecified atom stereocenters. The first-order valence-corrected chi connectivity index (χ1v) is 5.66. The van der Waals surface area contributed by atoms with Crippen LogP contribution in [0.2, 0.25) is 0 Å². The molecule has 0 N–H and O–H groups in total. The van der Waals surface area contributed by atoms with Crippen LogP contribution in [0.5, 0.6) is 0 Å². The molecule has 0 amide bonds. The molecule has 0 aliphatic heterocycles. The zero-order valence-corrected chi connectivity index (χ0v) is 14.4. The van der Waals surface area contributed by atoms with Crippen LogP contribution in [0, 0.1) is 0 Å². The van der Waals surface area contributed by atoms with Crippen molar-refractivity contribution in [2.45, 2.75) is 0 Å². The Bertz CT molecular complexity index is 73.3. The van der Waals surface area contributed by atoms with Crippen LogP contribution in [-0.2, 0) is 15.2 Å². The molecule has 0 aromatic heterocycles. The molecule has 0 aromatic rings. The molecule has 0 aromatic carbocycles. The van der Waals surface area contributed by atoms with Crippen LogP contribution in [0.1, 0.15) is 0 Å². The van der Waals surface area contributed by atoms with Crippen LogP contribution in [-0.4, -0.2) is 108 Å². The summed E-state index contributed by atoms with van der Waals surface area (Å²) in [6.45, 7) is 0. The molecule has 64 valence electrons. The van der Waals surface area contributed by atoms with E-state index < -0.39 is 61.9 Å². The second-order valence-corrected chi connectivity index (χ2v) is 1.15. The van der Waals surface area contributed by atoms with Crippen molar-refractivity contribution in [2.24, 2.45) is 0 Å². The van der Waals surface area contributed by atoms with Gasteiger partial charge in [-0.25, -0.2) is 0 Å². The molecule has 0 atom stereocenters. The maximum atomic E-state index is 8.46. The Morgan fingerprint density at radius 3 is 0.500 bits per heavy atom. The van der Waals surface area contributed by atoms with E-state index >= 15 is 0 Å². The van der Waals surface area contributed by atoms with Crippen molar-refractivity contribution in [3.63, 3.8) is 0 Å². The van der Waals surface area contributed by atoms with Crippen LogP contribution < -0.4 is 16.6 Å². The van der Waals surface area contributed by atoms with E-state index in [2.05, 4.69) is 0 Å². The van der Waals surface area contributed by atoms with Crippen LogP contribution in [0.25, 0.3) is 0 Å². The number of rotatable bonds is 0. The summed E-state index contributed by atoms with van der Waals surface area (Å²) in [6, 6.07) is 0. The topological polar surface area (TPSA) is 161 Å². The second-order valence-electron chi connectivity index (χ2n) is 0.385. The van der Waals surface area contributed by atoms with Crippen LogP contribution in [0.15, 0.2) is 0 Å². The monoisotopic (exact) mass is 284 g/mol. The third-order valence-electron chi connectivity index (χ3n) is 0. The molecule has 8 nitrogen and oxygen atoms in total. The fourth-order valence-corrected chi connectivity index (χ4v) is 0. The van der Waals surface area contributed by atoms with Crippen molar-refractivity contribution < 1.29 is 31.8 Å². The van der Waals surface area contributed by atoms with E-state index in [4.69, 9.17) is 31.8 Å². The van der Waals surface area contributed by atoms with Crippen molar-refractivity contribution in [2.75, 3.05) is 0 Å². The summed E-state index contributed by atoms with van der Waals surface area (Å²) in [5.74, 6) is 0. The summed E-state index contributed by atoms with van der Waals surface area (Å²) in [5, 5.41) is 0. The summed E-state index contributed by atoms with van der Waals surface area (Å²) in [5.41, 5.74) is 0. The van der Waals surface area contributed by atoms with E-state index in [-0.39, 0.29) is 46.1 Å². The van der Waals surface area contributed by atoms with Crippen molar-refractivity contribution in [1.29, 1.82) is 0 Å². The van der Waals surface area contributed by atoms with Gasteiger partial charge in [-0.1, -0.05) is 0 Å². The van der Waals surface area contributed by atoms with E-state index in [9.17, 15) is 0 Å². The minimum atomic E-state index is -1.75. The first-order chi connectivity index (χ1) is 5.66. The Balaban J connectivity index is -0.0000000145. The molecule has 0 fully saturated rings. The average molecular weight is 285 g/mol. The molecule has 14 heavy (non-hydrogen) atoms. The zero-order valence-electron chi connectivity index (χ0n) is 6.99. The summed E-state index contributed by atoms with van der Waals surface area (Å²) < 4.78 is 67.7. The van der Waals surface area contributed by atoms with Crippen molar-refractivity contribution >= 4 is 108 Å². The molecule has 0 saturated carbocycles. The van der Waals surface area contributed by atoms with E-state index in [1.54, 1.807) is 0 Å². The Morgan fingerprint density at radius 1 is 0.500 bits per heavy atom. The normalized spacial score (nSPS) is 2.29. The molecule has 0 bridgehead atoms. The van der Waals surface area contributed by atoms with Crippen LogP contribution in [0.3, 0.4) is 0 Å². The molecule has 14 heteroatoms. The molecule has 0 radical (unpaired) electrons. The van der Waals surface area contributed by atoms with Gasteiger partial charge in [0, 0.05) is 0 Å². The van der Waals surface area contributed by atoms with Gasteiger partial charge in [-0.15, -0.1) is 0 Å². The van der Waals surface area contributed by atoms with Gasteiger partial charge in [0.25, 0.3) is 0 Å². The van der Waals surface area contributed by atoms with Crippen LogP contribution >= 0.6 is 0 Å². The van der Waals surface area contributed by atoms with Gasteiger partial charge in [0.2, 0.25) is 0 Å². The van der Waals surface area contributed by atoms with Crippen molar-refractivity contribution in [1.82, 2.24) is 0 Å². The number of hydrogen-bond acceptors (Lipinski definition) is 8. The average Bonchev–Trinajstić information content (AvgIpc) is 1.92. The molecular weight excluding hydrogens is 285 g/mol. The molecule has 0 heterocycles. The zero-order chi connectivity index (χ0) is 10.8. The third kappa shape index (κ3) is 564. The van der Waals surface area contributed by atoms with Gasteiger partial charge < -0.3 is 0 Å². The first-order valence-electron chi connectivity index (χ1n) is 1.89. The van der Waals surface area contributed by atoms with Crippen molar-refractivity contribution in [3.8, 4) is 0 Å². The number of hydrogen-bond donors (Lipinski definition) is 0. The second kappa shape index (κ2) is 81.0. The summed E-state index contributed by atoms with van der Waals surface area (Å²) in [4.78, 5) is 0. The van der Waals surface area contributed by atoms with Gasteiger partial charge in [-0.2, -0.15) is 0 Å². The van der Waals surface area contributed by atoms with Gasteiger partial charge in [-0.05, 0) is 0 Å². The molecule has 0 aliphatic carbocycles. The van der Waals surface area contributed by atoms with Crippen LogP contribution in [0.4, 0.5) is 0 Å². The Hall–Kier alpha value is 2.06. The third-order valence-corrected chi connectivity index (χ3v) is 0. The van der Waals surface area contributed by atoms with Gasteiger partial charge in [0.15, 0.2) is 0 Å². The molecule has 0 rings (SSSR count). The Kier molecular flexibility index (Phi) is 208. The fraction of sp³-hybridized carbons (Fsp3) is 0. The molecule has 0 aliphatic rings. The van der Waals surface area contributed by atoms with Crippen molar-refractivity contribution in [3.05, 3.63) is 0 Å². The predicted molar refractivity (Wildman–Crippen MR) is 37.3 cm³/mol. The standard InChI is InChI=1S/4Al.2Mg.8O/q;;;;2*+2;;;;;4*-1. The molecule has 0 saturated heterocycles. The van der Waals surface area contributed by atoms with E-state index in [1.807, 2.05) is 0 Å². The molecule has 0 spiro atoms. The quantitative estimate of drug-likeness (QED) is 0.396. The predicted octanol–water partition coefficient (Wildman–Crippen LogP) is -7.52. The Morgan fingerprint density at radius 2 is 0.500 bits per heavy atom. The van der Waals surface area contributed by atoms with E-state index in [0.717, 1.165) is 0 Å². The van der Waals surface area contributed by atoms with Gasteiger partial charge in [0.05, 0.1) is 0 Å². The van der Waals surface area contributed by atoms with E-state index in [0.29, 0.717) is 0 Å². The SMILES string of the molecule is [Mg+2].[Mg+2].[O]=[Al][O-].[O]=[Al][O-].[O]=[Al][O-].[O]=[Al][O-]. The summed E-state index contributed by atoms with van der Waals surface area (Å²) >= 11 is -7.00. The van der Waals surface area contributed by atoms with Gasteiger partial charge in [-0.3, -0.25) is 0 Å². The molecular formula is Al4Mg2O8. The Labute approximate surface area is 138 Å². The van der Waals surface area contributed by atoms with E-state index in [1.165, 1.54) is 0 Å². The minimum absolute atomic E-state index is 0. The first kappa shape index (κ1) is 36.0.